The first-order chi connectivity index (χ1) is 8.86. The largest absolute Gasteiger partial charge is 0.332 e. The standard InChI is InChI=1S/C9H9N7OS/c10-2-1-7-12-6(4-18-7)9-13-8(15-17-9)5-3-11-16-14-5/h3-4H,1-2,10H2,(H,11,14,16). The summed E-state index contributed by atoms with van der Waals surface area (Å²) in [7, 11) is 0. The molecule has 3 aromatic rings. The van der Waals surface area contributed by atoms with Crippen LogP contribution in [0.25, 0.3) is 23.1 Å². The molecular weight excluding hydrogens is 254 g/mol. The number of nitrogens with one attached hydrogen (secondary N) is 1. The third kappa shape index (κ3) is 2.00. The zero-order valence-corrected chi connectivity index (χ0v) is 10.0. The molecule has 0 aromatic carbocycles. The van der Waals surface area contributed by atoms with Gasteiger partial charge in [-0.3, -0.25) is 0 Å². The second kappa shape index (κ2) is 4.63. The van der Waals surface area contributed by atoms with E-state index >= 15 is 0 Å². The van der Waals surface area contributed by atoms with Crippen molar-refractivity contribution in [1.82, 2.24) is 30.5 Å². The minimum atomic E-state index is 0.368. The number of H-pyrrole nitrogens is 1. The minimum Gasteiger partial charge on any atom is -0.332 e. The van der Waals surface area contributed by atoms with E-state index in [4.69, 9.17) is 10.3 Å². The second-order valence-corrected chi connectivity index (χ2v) is 4.39. The summed E-state index contributed by atoms with van der Waals surface area (Å²) in [6, 6.07) is 0. The van der Waals surface area contributed by atoms with Gasteiger partial charge in [0.25, 0.3) is 5.89 Å². The zero-order chi connectivity index (χ0) is 12.4. The van der Waals surface area contributed by atoms with Gasteiger partial charge in [-0.25, -0.2) is 4.98 Å². The minimum absolute atomic E-state index is 0.368. The molecule has 0 amide bonds. The topological polar surface area (TPSA) is 119 Å². The molecule has 3 rings (SSSR count). The van der Waals surface area contributed by atoms with Crippen LogP contribution >= 0.6 is 11.3 Å². The zero-order valence-electron chi connectivity index (χ0n) is 9.20. The normalized spacial score (nSPS) is 10.9. The van der Waals surface area contributed by atoms with Crippen molar-refractivity contribution in [1.29, 1.82) is 0 Å². The van der Waals surface area contributed by atoms with Crippen LogP contribution < -0.4 is 5.73 Å². The summed E-state index contributed by atoms with van der Waals surface area (Å²) in [5.74, 6) is 0.750. The maximum atomic E-state index is 5.47. The van der Waals surface area contributed by atoms with Crippen LogP contribution in [0.15, 0.2) is 16.1 Å². The number of hydrogen-bond donors (Lipinski definition) is 2. The molecule has 8 nitrogen and oxygen atoms in total. The molecule has 0 bridgehead atoms. The van der Waals surface area contributed by atoms with E-state index in [1.54, 1.807) is 0 Å². The fourth-order valence-corrected chi connectivity index (χ4v) is 2.18. The van der Waals surface area contributed by atoms with Gasteiger partial charge in [0.2, 0.25) is 5.82 Å². The Kier molecular flexibility index (Phi) is 2.82. The molecule has 0 aliphatic heterocycles. The average Bonchev–Trinajstić information content (AvgIpc) is 3.10. The number of hydrogen-bond acceptors (Lipinski definition) is 8. The fraction of sp³-hybridized carbons (Fsp3) is 0.222. The highest BCUT2D eigenvalue weighted by atomic mass is 32.1. The van der Waals surface area contributed by atoms with Gasteiger partial charge in [0, 0.05) is 11.8 Å². The van der Waals surface area contributed by atoms with Crippen LogP contribution in [0.3, 0.4) is 0 Å². The maximum Gasteiger partial charge on any atom is 0.277 e. The molecule has 18 heavy (non-hydrogen) atoms. The van der Waals surface area contributed by atoms with E-state index in [2.05, 4.69) is 30.5 Å². The molecule has 0 spiro atoms. The smallest absolute Gasteiger partial charge is 0.277 e. The monoisotopic (exact) mass is 263 g/mol. The van der Waals surface area contributed by atoms with E-state index in [-0.39, 0.29) is 0 Å². The predicted octanol–water partition coefficient (Wildman–Crippen LogP) is 0.479. The first kappa shape index (κ1) is 11.0. The number of nitrogens with zero attached hydrogens (tertiary/aromatic N) is 5. The Morgan fingerprint density at radius 1 is 1.33 bits per heavy atom. The number of nitrogens with two attached hydrogens (primary N) is 1. The van der Waals surface area contributed by atoms with Crippen LogP contribution in [0.4, 0.5) is 0 Å². The van der Waals surface area contributed by atoms with Crippen molar-refractivity contribution >= 4 is 11.3 Å². The summed E-state index contributed by atoms with van der Waals surface area (Å²) in [6.45, 7) is 0.570. The Morgan fingerprint density at radius 2 is 2.28 bits per heavy atom. The van der Waals surface area contributed by atoms with Crippen LogP contribution in [0.5, 0.6) is 0 Å². The molecule has 0 saturated heterocycles. The second-order valence-electron chi connectivity index (χ2n) is 3.44. The van der Waals surface area contributed by atoms with E-state index in [1.807, 2.05) is 5.38 Å². The lowest BCUT2D eigenvalue weighted by Gasteiger charge is -1.87. The van der Waals surface area contributed by atoms with Crippen LogP contribution in [0.2, 0.25) is 0 Å². The molecule has 3 aromatic heterocycles. The molecule has 0 fully saturated rings. The lowest BCUT2D eigenvalue weighted by atomic mass is 10.4. The molecule has 0 saturated carbocycles. The molecule has 0 unspecified atom stereocenters. The summed E-state index contributed by atoms with van der Waals surface area (Å²) in [4.78, 5) is 8.57. The molecule has 0 aliphatic rings. The molecule has 9 heteroatoms. The van der Waals surface area contributed by atoms with Gasteiger partial charge in [-0.1, -0.05) is 5.16 Å². The van der Waals surface area contributed by atoms with Gasteiger partial charge in [-0.2, -0.15) is 20.4 Å². The molecule has 92 valence electrons. The Hall–Kier alpha value is -2.13. The highest BCUT2D eigenvalue weighted by molar-refractivity contribution is 7.09. The Labute approximate surface area is 105 Å². The average molecular weight is 263 g/mol. The number of aromatic amines is 1. The quantitative estimate of drug-likeness (QED) is 0.702. The molecule has 0 aliphatic carbocycles. The van der Waals surface area contributed by atoms with E-state index in [1.165, 1.54) is 17.5 Å². The number of aromatic nitrogens is 6. The van der Waals surface area contributed by atoms with Crippen molar-refractivity contribution in [3.63, 3.8) is 0 Å². The lowest BCUT2D eigenvalue weighted by molar-refractivity contribution is 0.431. The van der Waals surface area contributed by atoms with Crippen molar-refractivity contribution in [2.45, 2.75) is 6.42 Å². The third-order valence-corrected chi connectivity index (χ3v) is 3.11. The summed E-state index contributed by atoms with van der Waals surface area (Å²) in [5, 5.41) is 16.7. The lowest BCUT2D eigenvalue weighted by Crippen LogP contribution is -2.01. The van der Waals surface area contributed by atoms with E-state index in [0.717, 1.165) is 11.4 Å². The van der Waals surface area contributed by atoms with Gasteiger partial charge >= 0.3 is 0 Å². The highest BCUT2D eigenvalue weighted by Crippen LogP contribution is 2.22. The van der Waals surface area contributed by atoms with Crippen LogP contribution in [0, 0.1) is 0 Å². The number of rotatable bonds is 4. The first-order valence-corrected chi connectivity index (χ1v) is 6.09. The Balaban J connectivity index is 1.88. The molecule has 0 atom stereocenters. The van der Waals surface area contributed by atoms with Gasteiger partial charge in [0.05, 0.1) is 11.2 Å². The van der Waals surface area contributed by atoms with Crippen LogP contribution in [-0.2, 0) is 6.42 Å². The van der Waals surface area contributed by atoms with Crippen molar-refractivity contribution in [3.8, 4) is 23.1 Å². The van der Waals surface area contributed by atoms with Crippen LogP contribution in [0.1, 0.15) is 5.01 Å². The van der Waals surface area contributed by atoms with Gasteiger partial charge in [0.15, 0.2) is 5.69 Å². The summed E-state index contributed by atoms with van der Waals surface area (Å²) in [5.41, 5.74) is 6.66. The predicted molar refractivity (Wildman–Crippen MR) is 63.5 cm³/mol. The van der Waals surface area contributed by atoms with Crippen LogP contribution in [-0.4, -0.2) is 37.1 Å². The molecule has 3 heterocycles. The molecular formula is C9H9N7OS. The number of thiazole rings is 1. The van der Waals surface area contributed by atoms with E-state index < -0.39 is 0 Å². The highest BCUT2D eigenvalue weighted by Gasteiger charge is 2.14. The summed E-state index contributed by atoms with van der Waals surface area (Å²) in [6.07, 6.45) is 2.27. The SMILES string of the molecule is NCCc1nc(-c2nc(-c3cn[nH]n3)no2)cs1. The Bertz CT molecular complexity index is 629. The van der Waals surface area contributed by atoms with Crippen molar-refractivity contribution in [2.75, 3.05) is 6.54 Å². The first-order valence-electron chi connectivity index (χ1n) is 5.21. The summed E-state index contributed by atoms with van der Waals surface area (Å²) >= 11 is 1.52. The molecule has 3 N–H and O–H groups in total. The molecule has 0 radical (unpaired) electrons. The maximum absolute atomic E-state index is 5.47. The van der Waals surface area contributed by atoms with Gasteiger partial charge in [-0.05, 0) is 6.54 Å². The fourth-order valence-electron chi connectivity index (χ4n) is 1.39. The van der Waals surface area contributed by atoms with Crippen molar-refractivity contribution in [3.05, 3.63) is 16.6 Å². The third-order valence-electron chi connectivity index (χ3n) is 2.20. The van der Waals surface area contributed by atoms with Gasteiger partial charge < -0.3 is 10.3 Å². The van der Waals surface area contributed by atoms with E-state index in [0.29, 0.717) is 29.6 Å². The Morgan fingerprint density at radius 3 is 3.06 bits per heavy atom. The van der Waals surface area contributed by atoms with E-state index in [9.17, 15) is 0 Å². The van der Waals surface area contributed by atoms with Gasteiger partial charge in [0.1, 0.15) is 5.69 Å². The van der Waals surface area contributed by atoms with Gasteiger partial charge in [-0.15, -0.1) is 11.3 Å². The van der Waals surface area contributed by atoms with Crippen molar-refractivity contribution < 1.29 is 4.52 Å². The summed E-state index contributed by atoms with van der Waals surface area (Å²) < 4.78 is 5.14. The van der Waals surface area contributed by atoms with Crippen molar-refractivity contribution in [2.24, 2.45) is 5.73 Å².